The van der Waals surface area contributed by atoms with Crippen LogP contribution in [0.3, 0.4) is 0 Å². The van der Waals surface area contributed by atoms with Gasteiger partial charge in [0.2, 0.25) is 0 Å². The van der Waals surface area contributed by atoms with Gasteiger partial charge in [0.15, 0.2) is 0 Å². The molecule has 5 nitrogen and oxygen atoms in total. The van der Waals surface area contributed by atoms with E-state index < -0.39 is 0 Å². The molecule has 1 N–H and O–H groups in total. The second kappa shape index (κ2) is 7.11. The Morgan fingerprint density at radius 3 is 2.43 bits per heavy atom. The Morgan fingerprint density at radius 1 is 1.14 bits per heavy atom. The number of amides is 1. The fourth-order valence-electron chi connectivity index (χ4n) is 3.74. The molecule has 1 atom stereocenters. The summed E-state index contributed by atoms with van der Waals surface area (Å²) in [4.78, 5) is 14.9. The van der Waals surface area contributed by atoms with E-state index in [-0.39, 0.29) is 17.8 Å². The zero-order valence-electron chi connectivity index (χ0n) is 16.1. The van der Waals surface area contributed by atoms with Crippen LogP contribution in [0.1, 0.15) is 41.5 Å². The van der Waals surface area contributed by atoms with Gasteiger partial charge in [-0.3, -0.25) is 9.89 Å². The lowest BCUT2D eigenvalue weighted by Gasteiger charge is -2.28. The van der Waals surface area contributed by atoms with E-state index in [0.717, 1.165) is 28.1 Å². The number of carbonyl (C=O) groups is 1. The highest BCUT2D eigenvalue weighted by Crippen LogP contribution is 2.43. The number of rotatable bonds is 5. The van der Waals surface area contributed by atoms with Crippen LogP contribution in [0.25, 0.3) is 11.3 Å². The second-order valence-electron chi connectivity index (χ2n) is 7.39. The van der Waals surface area contributed by atoms with Gasteiger partial charge in [-0.2, -0.15) is 5.10 Å². The van der Waals surface area contributed by atoms with Crippen LogP contribution in [-0.4, -0.2) is 34.7 Å². The summed E-state index contributed by atoms with van der Waals surface area (Å²) in [6, 6.07) is 13.6. The number of nitrogens with one attached hydrogen (secondary N) is 1. The molecule has 28 heavy (non-hydrogen) atoms. The summed E-state index contributed by atoms with van der Waals surface area (Å²) in [6.45, 7) is 4.75. The van der Waals surface area contributed by atoms with Gasteiger partial charge >= 0.3 is 0 Å². The number of benzene rings is 2. The molecule has 0 spiro atoms. The summed E-state index contributed by atoms with van der Waals surface area (Å²) in [7, 11) is 1.62. The fourth-order valence-corrected chi connectivity index (χ4v) is 3.74. The number of nitrogens with zero attached hydrogens (tertiary/aromatic N) is 2. The van der Waals surface area contributed by atoms with Gasteiger partial charge in [0.05, 0.1) is 18.8 Å². The average molecular weight is 379 g/mol. The lowest BCUT2D eigenvalue weighted by Crippen LogP contribution is -2.32. The van der Waals surface area contributed by atoms with Gasteiger partial charge in [-0.25, -0.2) is 4.39 Å². The van der Waals surface area contributed by atoms with Crippen LogP contribution in [0.2, 0.25) is 0 Å². The molecule has 1 aliphatic heterocycles. The van der Waals surface area contributed by atoms with Crippen molar-refractivity contribution in [1.82, 2.24) is 15.1 Å². The van der Waals surface area contributed by atoms with Gasteiger partial charge in [-0.05, 0) is 47.9 Å². The summed E-state index contributed by atoms with van der Waals surface area (Å²) >= 11 is 0. The first-order chi connectivity index (χ1) is 13.5. The minimum atomic E-state index is -0.304. The number of fused-ring (bicyclic) bond motifs is 1. The minimum absolute atomic E-state index is 0.0784. The molecule has 1 unspecified atom stereocenters. The molecule has 2 heterocycles. The first kappa shape index (κ1) is 18.2. The Labute approximate surface area is 163 Å². The Morgan fingerprint density at radius 2 is 1.82 bits per heavy atom. The first-order valence-electron chi connectivity index (χ1n) is 9.28. The van der Waals surface area contributed by atoms with E-state index in [1.807, 2.05) is 29.2 Å². The zero-order valence-corrected chi connectivity index (χ0v) is 16.1. The predicted octanol–water partition coefficient (Wildman–Crippen LogP) is 4.43. The number of hydrogen-bond donors (Lipinski definition) is 1. The minimum Gasteiger partial charge on any atom is -0.497 e. The lowest BCUT2D eigenvalue weighted by molar-refractivity contribution is 0.0722. The van der Waals surface area contributed by atoms with E-state index in [2.05, 4.69) is 24.0 Å². The SMILES string of the molecule is COc1ccc(-c2n[nH]c3c2C(c2ccc(F)cc2)N(CC(C)C)C3=O)cc1. The Hall–Kier alpha value is -3.15. The van der Waals surface area contributed by atoms with Crippen molar-refractivity contribution in [3.05, 3.63) is 71.2 Å². The van der Waals surface area contributed by atoms with E-state index in [4.69, 9.17) is 4.74 Å². The van der Waals surface area contributed by atoms with Crippen molar-refractivity contribution in [1.29, 1.82) is 0 Å². The number of aromatic nitrogens is 2. The van der Waals surface area contributed by atoms with Crippen LogP contribution >= 0.6 is 0 Å². The molecule has 4 rings (SSSR count). The van der Waals surface area contributed by atoms with E-state index in [1.54, 1.807) is 19.2 Å². The van der Waals surface area contributed by atoms with E-state index in [1.165, 1.54) is 12.1 Å². The Kier molecular flexibility index (Phi) is 4.63. The van der Waals surface area contributed by atoms with Gasteiger partial charge in [0.25, 0.3) is 5.91 Å². The normalized spacial score (nSPS) is 16.0. The number of ether oxygens (including phenoxy) is 1. The van der Waals surface area contributed by atoms with E-state index >= 15 is 0 Å². The van der Waals surface area contributed by atoms with E-state index in [9.17, 15) is 9.18 Å². The molecule has 0 saturated heterocycles. The molecule has 6 heteroatoms. The summed E-state index contributed by atoms with van der Waals surface area (Å²) in [5, 5.41) is 7.36. The highest BCUT2D eigenvalue weighted by molar-refractivity contribution is 6.00. The van der Waals surface area contributed by atoms with Crippen LogP contribution in [0, 0.1) is 11.7 Å². The van der Waals surface area contributed by atoms with Gasteiger partial charge in [-0.15, -0.1) is 0 Å². The third-order valence-corrected chi connectivity index (χ3v) is 4.97. The maximum absolute atomic E-state index is 13.5. The average Bonchev–Trinajstić information content (AvgIpc) is 3.22. The van der Waals surface area contributed by atoms with Crippen LogP contribution in [0.15, 0.2) is 48.5 Å². The second-order valence-corrected chi connectivity index (χ2v) is 7.39. The highest BCUT2D eigenvalue weighted by atomic mass is 19.1. The molecule has 1 aromatic heterocycles. The number of carbonyl (C=O) groups excluding carboxylic acids is 1. The predicted molar refractivity (Wildman–Crippen MR) is 105 cm³/mol. The van der Waals surface area contributed by atoms with Crippen LogP contribution < -0.4 is 4.74 Å². The Bertz CT molecular complexity index is 994. The van der Waals surface area contributed by atoms with Gasteiger partial charge in [0, 0.05) is 17.7 Å². The Balaban J connectivity index is 1.85. The van der Waals surface area contributed by atoms with E-state index in [0.29, 0.717) is 18.2 Å². The molecule has 0 radical (unpaired) electrons. The van der Waals surface area contributed by atoms with Crippen molar-refractivity contribution in [3.63, 3.8) is 0 Å². The van der Waals surface area contributed by atoms with Crippen LogP contribution in [0.4, 0.5) is 4.39 Å². The summed E-state index contributed by atoms with van der Waals surface area (Å²) in [5.74, 6) is 0.674. The van der Waals surface area contributed by atoms with Crippen molar-refractivity contribution < 1.29 is 13.9 Å². The topological polar surface area (TPSA) is 58.2 Å². The highest BCUT2D eigenvalue weighted by Gasteiger charge is 2.42. The summed E-state index contributed by atoms with van der Waals surface area (Å²) < 4.78 is 18.7. The molecule has 0 saturated carbocycles. The first-order valence-corrected chi connectivity index (χ1v) is 9.28. The van der Waals surface area contributed by atoms with Gasteiger partial charge in [-0.1, -0.05) is 26.0 Å². The fraction of sp³-hybridized carbons (Fsp3) is 0.273. The lowest BCUT2D eigenvalue weighted by atomic mass is 9.95. The summed E-state index contributed by atoms with van der Waals surface area (Å²) in [5.41, 5.74) is 3.82. The van der Waals surface area contributed by atoms with Crippen molar-refractivity contribution >= 4 is 5.91 Å². The van der Waals surface area contributed by atoms with Crippen LogP contribution in [-0.2, 0) is 0 Å². The van der Waals surface area contributed by atoms with Gasteiger partial charge in [0.1, 0.15) is 17.3 Å². The number of methoxy groups -OCH3 is 1. The maximum Gasteiger partial charge on any atom is 0.273 e. The molecule has 0 fully saturated rings. The molecular formula is C22H22FN3O2. The molecule has 144 valence electrons. The molecular weight excluding hydrogens is 357 g/mol. The summed E-state index contributed by atoms with van der Waals surface area (Å²) in [6.07, 6.45) is 0. The van der Waals surface area contributed by atoms with Crippen molar-refractivity contribution in [3.8, 4) is 17.0 Å². The van der Waals surface area contributed by atoms with Crippen molar-refractivity contribution in [2.45, 2.75) is 19.9 Å². The largest absolute Gasteiger partial charge is 0.497 e. The number of H-pyrrole nitrogens is 1. The molecule has 1 amide bonds. The number of halogens is 1. The van der Waals surface area contributed by atoms with Gasteiger partial charge < -0.3 is 9.64 Å². The third kappa shape index (κ3) is 3.05. The standard InChI is InChI=1S/C22H22FN3O2/c1-13(2)12-26-21(15-4-8-16(23)9-5-15)18-19(24-25-20(18)22(26)27)14-6-10-17(28-3)11-7-14/h4-11,13,21H,12H2,1-3H3,(H,24,25). The monoisotopic (exact) mass is 379 g/mol. The molecule has 0 bridgehead atoms. The molecule has 2 aromatic carbocycles. The molecule has 3 aromatic rings. The smallest absolute Gasteiger partial charge is 0.273 e. The van der Waals surface area contributed by atoms with Crippen molar-refractivity contribution in [2.24, 2.45) is 5.92 Å². The quantitative estimate of drug-likeness (QED) is 0.714. The third-order valence-electron chi connectivity index (χ3n) is 4.97. The zero-order chi connectivity index (χ0) is 19.8. The molecule has 1 aliphatic rings. The number of hydrogen-bond acceptors (Lipinski definition) is 3. The maximum atomic E-state index is 13.5. The van der Waals surface area contributed by atoms with Crippen molar-refractivity contribution in [2.75, 3.05) is 13.7 Å². The number of aromatic amines is 1. The van der Waals surface area contributed by atoms with Crippen LogP contribution in [0.5, 0.6) is 5.75 Å². The molecule has 0 aliphatic carbocycles.